The zero-order valence-electron chi connectivity index (χ0n) is 5.60. The number of hydrogen-bond acceptors (Lipinski definition) is 2. The molecule has 0 aliphatic heterocycles. The third-order valence-corrected chi connectivity index (χ3v) is 2.40. The summed E-state index contributed by atoms with van der Waals surface area (Å²) in [4.78, 5) is 13.4. The highest BCUT2D eigenvalue weighted by Gasteiger charge is 2.06. The minimum Gasteiger partial charge on any atom is -0.211 e. The first kappa shape index (κ1) is 8.86. The fourth-order valence-electron chi connectivity index (χ4n) is 0.335. The normalized spacial score (nSPS) is 12.9. The van der Waals surface area contributed by atoms with Crippen molar-refractivity contribution in [3.63, 3.8) is 0 Å². The monoisotopic (exact) mass is 191 g/mol. The van der Waals surface area contributed by atoms with Crippen LogP contribution in [0.1, 0.15) is 13.8 Å². The first-order valence-corrected chi connectivity index (χ1v) is 3.77. The van der Waals surface area contributed by atoms with Crippen molar-refractivity contribution in [1.29, 1.82) is 0 Å². The number of isocyanates is 1. The first-order valence-electron chi connectivity index (χ1n) is 2.86. The maximum atomic E-state index is 9.62. The second-order valence-corrected chi connectivity index (χ2v) is 3.37. The fraction of sp³-hybridized carbons (Fsp3) is 0.833. The average molecular weight is 192 g/mol. The largest absolute Gasteiger partial charge is 0.234 e. The maximum Gasteiger partial charge on any atom is 0.234 e. The lowest BCUT2D eigenvalue weighted by Crippen LogP contribution is -2.10. The number of rotatable bonds is 3. The molecule has 0 saturated heterocycles. The van der Waals surface area contributed by atoms with E-state index in [0.717, 1.165) is 0 Å². The van der Waals surface area contributed by atoms with Crippen molar-refractivity contribution in [1.82, 2.24) is 0 Å². The van der Waals surface area contributed by atoms with Crippen molar-refractivity contribution in [3.05, 3.63) is 0 Å². The van der Waals surface area contributed by atoms with E-state index in [1.54, 1.807) is 0 Å². The summed E-state index contributed by atoms with van der Waals surface area (Å²) >= 11 is 3.37. The lowest BCUT2D eigenvalue weighted by molar-refractivity contribution is 0.559. The van der Waals surface area contributed by atoms with Gasteiger partial charge in [0.2, 0.25) is 6.08 Å². The van der Waals surface area contributed by atoms with E-state index in [2.05, 4.69) is 34.8 Å². The molecular weight excluding hydrogens is 182 g/mol. The predicted octanol–water partition coefficient (Wildman–Crippen LogP) is 1.74. The number of carbonyl (C=O) groups excluding carboxylic acids is 1. The molecule has 0 amide bonds. The standard InChI is InChI=1S/C6H10BrNO/c1-5(2)6(7)3-8-4-9/h5-6H,3H2,1-2H3. The van der Waals surface area contributed by atoms with Gasteiger partial charge in [-0.05, 0) is 5.92 Å². The van der Waals surface area contributed by atoms with Crippen LogP contribution in [0.25, 0.3) is 0 Å². The summed E-state index contributed by atoms with van der Waals surface area (Å²) < 4.78 is 0. The highest BCUT2D eigenvalue weighted by atomic mass is 79.9. The molecule has 0 N–H and O–H groups in total. The van der Waals surface area contributed by atoms with Gasteiger partial charge in [-0.15, -0.1) is 0 Å². The Morgan fingerprint density at radius 1 is 1.67 bits per heavy atom. The van der Waals surface area contributed by atoms with E-state index < -0.39 is 0 Å². The Morgan fingerprint density at radius 3 is 2.56 bits per heavy atom. The van der Waals surface area contributed by atoms with Crippen molar-refractivity contribution < 1.29 is 4.79 Å². The van der Waals surface area contributed by atoms with Gasteiger partial charge in [0.05, 0.1) is 6.54 Å². The highest BCUT2D eigenvalue weighted by molar-refractivity contribution is 9.09. The van der Waals surface area contributed by atoms with Gasteiger partial charge >= 0.3 is 0 Å². The Morgan fingerprint density at radius 2 is 2.22 bits per heavy atom. The topological polar surface area (TPSA) is 29.4 Å². The van der Waals surface area contributed by atoms with Crippen LogP contribution in [-0.4, -0.2) is 17.5 Å². The molecule has 0 fully saturated rings. The van der Waals surface area contributed by atoms with Gasteiger partial charge in [-0.1, -0.05) is 29.8 Å². The molecule has 3 heteroatoms. The van der Waals surface area contributed by atoms with Crippen LogP contribution in [0.15, 0.2) is 4.99 Å². The zero-order chi connectivity index (χ0) is 7.28. The van der Waals surface area contributed by atoms with Crippen LogP contribution in [0, 0.1) is 5.92 Å². The number of hydrogen-bond donors (Lipinski definition) is 0. The molecule has 0 heterocycles. The van der Waals surface area contributed by atoms with E-state index in [-0.39, 0.29) is 0 Å². The SMILES string of the molecule is CC(C)C(Br)CN=C=O. The zero-order valence-corrected chi connectivity index (χ0v) is 7.18. The minimum atomic E-state index is 0.305. The summed E-state index contributed by atoms with van der Waals surface area (Å²) in [5.74, 6) is 0.516. The number of nitrogens with zero attached hydrogens (tertiary/aromatic N) is 1. The molecule has 0 aliphatic carbocycles. The van der Waals surface area contributed by atoms with Crippen molar-refractivity contribution in [2.45, 2.75) is 18.7 Å². The maximum absolute atomic E-state index is 9.62. The van der Waals surface area contributed by atoms with E-state index >= 15 is 0 Å². The van der Waals surface area contributed by atoms with Crippen LogP contribution in [-0.2, 0) is 4.79 Å². The smallest absolute Gasteiger partial charge is 0.211 e. The molecule has 1 unspecified atom stereocenters. The van der Waals surface area contributed by atoms with Crippen LogP contribution in [0.2, 0.25) is 0 Å². The molecule has 9 heavy (non-hydrogen) atoms. The van der Waals surface area contributed by atoms with Gasteiger partial charge < -0.3 is 0 Å². The number of aliphatic imine (C=N–C) groups is 1. The molecule has 0 radical (unpaired) electrons. The minimum absolute atomic E-state index is 0.305. The average Bonchev–Trinajstić information content (AvgIpc) is 1.82. The molecule has 52 valence electrons. The predicted molar refractivity (Wildman–Crippen MR) is 40.5 cm³/mol. The van der Waals surface area contributed by atoms with Crippen LogP contribution >= 0.6 is 15.9 Å². The van der Waals surface area contributed by atoms with Gasteiger partial charge in [0, 0.05) is 4.83 Å². The van der Waals surface area contributed by atoms with Crippen molar-refractivity contribution in [3.8, 4) is 0 Å². The van der Waals surface area contributed by atoms with E-state index in [0.29, 0.717) is 17.3 Å². The summed E-state index contributed by atoms with van der Waals surface area (Å²) in [6, 6.07) is 0. The van der Waals surface area contributed by atoms with Gasteiger partial charge in [0.1, 0.15) is 0 Å². The van der Waals surface area contributed by atoms with Crippen LogP contribution in [0.3, 0.4) is 0 Å². The van der Waals surface area contributed by atoms with E-state index in [4.69, 9.17) is 0 Å². The second-order valence-electron chi connectivity index (χ2n) is 2.19. The Labute approximate surface area is 63.5 Å². The van der Waals surface area contributed by atoms with E-state index in [1.165, 1.54) is 6.08 Å². The molecule has 0 aromatic carbocycles. The van der Waals surface area contributed by atoms with Crippen molar-refractivity contribution in [2.75, 3.05) is 6.54 Å². The van der Waals surface area contributed by atoms with Gasteiger partial charge in [0.25, 0.3) is 0 Å². The Hall–Kier alpha value is -0.140. The van der Waals surface area contributed by atoms with Gasteiger partial charge in [-0.3, -0.25) is 0 Å². The molecule has 0 rings (SSSR count). The lowest BCUT2D eigenvalue weighted by Gasteiger charge is -2.07. The summed E-state index contributed by atoms with van der Waals surface area (Å²) in [5.41, 5.74) is 0. The third-order valence-electron chi connectivity index (χ3n) is 1.05. The second kappa shape index (κ2) is 4.71. The summed E-state index contributed by atoms with van der Waals surface area (Å²) in [6.45, 7) is 4.67. The fourth-order valence-corrected chi connectivity index (χ4v) is 0.480. The van der Waals surface area contributed by atoms with Crippen molar-refractivity contribution in [2.24, 2.45) is 10.9 Å². The summed E-state index contributed by atoms with van der Waals surface area (Å²) in [6.07, 6.45) is 1.50. The van der Waals surface area contributed by atoms with Crippen LogP contribution < -0.4 is 0 Å². The summed E-state index contributed by atoms with van der Waals surface area (Å²) in [7, 11) is 0. The molecule has 1 atom stereocenters. The number of alkyl halides is 1. The molecule has 0 aromatic rings. The Bertz CT molecular complexity index is 118. The highest BCUT2D eigenvalue weighted by Crippen LogP contribution is 2.11. The summed E-state index contributed by atoms with van der Waals surface area (Å²) in [5, 5.41) is 0. The Balaban J connectivity index is 3.49. The van der Waals surface area contributed by atoms with Gasteiger partial charge in [0.15, 0.2) is 0 Å². The lowest BCUT2D eigenvalue weighted by atomic mass is 10.1. The first-order chi connectivity index (χ1) is 4.18. The van der Waals surface area contributed by atoms with Crippen LogP contribution in [0.4, 0.5) is 0 Å². The third kappa shape index (κ3) is 4.37. The van der Waals surface area contributed by atoms with Crippen LogP contribution in [0.5, 0.6) is 0 Å². The van der Waals surface area contributed by atoms with Gasteiger partial charge in [-0.2, -0.15) is 0 Å². The molecule has 0 spiro atoms. The molecule has 0 aliphatic rings. The molecular formula is C6H10BrNO. The molecule has 0 bridgehead atoms. The quantitative estimate of drug-likeness (QED) is 0.380. The van der Waals surface area contributed by atoms with E-state index in [1.807, 2.05) is 0 Å². The number of halogens is 1. The molecule has 0 aromatic heterocycles. The molecule has 2 nitrogen and oxygen atoms in total. The molecule has 0 saturated carbocycles. The van der Waals surface area contributed by atoms with Gasteiger partial charge in [-0.25, -0.2) is 9.79 Å². The van der Waals surface area contributed by atoms with E-state index in [9.17, 15) is 4.79 Å². The van der Waals surface area contributed by atoms with Crippen molar-refractivity contribution >= 4 is 22.0 Å². The Kier molecular flexibility index (Phi) is 4.64.